The Bertz CT molecular complexity index is 372. The fourth-order valence-corrected chi connectivity index (χ4v) is 4.28. The molecule has 80 valence electrons. The van der Waals surface area contributed by atoms with Crippen molar-refractivity contribution < 1.29 is 4.79 Å². The first-order valence-electron chi connectivity index (χ1n) is 5.28. The fraction of sp³-hybridized carbons (Fsp3) is 0.545. The minimum Gasteiger partial charge on any atom is -0.322 e. The van der Waals surface area contributed by atoms with Crippen LogP contribution in [0, 0.1) is 0 Å². The maximum atomic E-state index is 12.0. The van der Waals surface area contributed by atoms with Gasteiger partial charge in [0, 0.05) is 10.9 Å². The molecule has 1 amide bonds. The van der Waals surface area contributed by atoms with Crippen LogP contribution < -0.4 is 0 Å². The Morgan fingerprint density at radius 2 is 2.27 bits per heavy atom. The molecule has 1 aromatic rings. The third kappa shape index (κ3) is 1.60. The minimum atomic E-state index is 0.137. The summed E-state index contributed by atoms with van der Waals surface area (Å²) >= 11 is 3.55. The monoisotopic (exact) mass is 239 g/mol. The molecule has 1 saturated heterocycles. The van der Waals surface area contributed by atoms with Crippen molar-refractivity contribution in [3.8, 4) is 0 Å². The largest absolute Gasteiger partial charge is 0.322 e. The van der Waals surface area contributed by atoms with Gasteiger partial charge >= 0.3 is 0 Å². The molecule has 3 rings (SSSR count). The van der Waals surface area contributed by atoms with Crippen molar-refractivity contribution in [1.82, 2.24) is 4.90 Å². The number of thiophene rings is 1. The Kier molecular flexibility index (Phi) is 2.29. The molecule has 0 spiro atoms. The van der Waals surface area contributed by atoms with Crippen molar-refractivity contribution in [2.45, 2.75) is 36.4 Å². The van der Waals surface area contributed by atoms with Crippen molar-refractivity contribution >= 4 is 29.0 Å². The van der Waals surface area contributed by atoms with Gasteiger partial charge in [-0.2, -0.15) is 0 Å². The second-order valence-electron chi connectivity index (χ2n) is 4.12. The molecule has 4 heteroatoms. The van der Waals surface area contributed by atoms with E-state index >= 15 is 0 Å². The number of rotatable bonds is 2. The molecule has 1 aromatic heterocycles. The fourth-order valence-electron chi connectivity index (χ4n) is 2.00. The van der Waals surface area contributed by atoms with Gasteiger partial charge in [-0.1, -0.05) is 6.07 Å². The summed E-state index contributed by atoms with van der Waals surface area (Å²) in [4.78, 5) is 15.4. The van der Waals surface area contributed by atoms with Gasteiger partial charge in [0.25, 0.3) is 0 Å². The van der Waals surface area contributed by atoms with Crippen LogP contribution in [0.25, 0.3) is 0 Å². The summed E-state index contributed by atoms with van der Waals surface area (Å²) in [5.74, 6) is 0.334. The van der Waals surface area contributed by atoms with Gasteiger partial charge in [0.05, 0.1) is 5.25 Å². The predicted octanol–water partition coefficient (Wildman–Crippen LogP) is 2.87. The van der Waals surface area contributed by atoms with Crippen molar-refractivity contribution in [3.63, 3.8) is 0 Å². The molecular weight excluding hydrogens is 226 g/mol. The highest BCUT2D eigenvalue weighted by Crippen LogP contribution is 2.49. The smallest absolute Gasteiger partial charge is 0.236 e. The molecular formula is C11H13NOS2. The minimum absolute atomic E-state index is 0.137. The zero-order valence-corrected chi connectivity index (χ0v) is 10.2. The van der Waals surface area contributed by atoms with Crippen LogP contribution in [-0.2, 0) is 4.79 Å². The summed E-state index contributed by atoms with van der Waals surface area (Å²) in [7, 11) is 0. The van der Waals surface area contributed by atoms with Gasteiger partial charge in [-0.05, 0) is 31.2 Å². The average molecular weight is 239 g/mol. The van der Waals surface area contributed by atoms with Crippen LogP contribution in [0.15, 0.2) is 17.5 Å². The SMILES string of the molecule is C[C@@H]1S[C@@H](c2cccs2)N(C2CC2)C1=O. The van der Waals surface area contributed by atoms with Gasteiger partial charge in [-0.3, -0.25) is 4.79 Å². The third-order valence-electron chi connectivity index (χ3n) is 2.91. The standard InChI is InChI=1S/C11H13NOS2/c1-7-10(13)12(8-4-5-8)11(15-7)9-3-2-6-14-9/h2-3,6-8,11H,4-5H2,1H3/t7-,11-/m0/s1. The Morgan fingerprint density at radius 1 is 1.47 bits per heavy atom. The second-order valence-corrected chi connectivity index (χ2v) is 6.53. The van der Waals surface area contributed by atoms with Crippen LogP contribution in [0.2, 0.25) is 0 Å². The van der Waals surface area contributed by atoms with Gasteiger partial charge in [0.1, 0.15) is 5.37 Å². The third-order valence-corrected chi connectivity index (χ3v) is 5.34. The van der Waals surface area contributed by atoms with Crippen molar-refractivity contribution in [3.05, 3.63) is 22.4 Å². The lowest BCUT2D eigenvalue weighted by Crippen LogP contribution is -2.31. The molecule has 0 N–H and O–H groups in total. The zero-order chi connectivity index (χ0) is 10.4. The van der Waals surface area contributed by atoms with Gasteiger partial charge in [-0.15, -0.1) is 23.1 Å². The average Bonchev–Trinajstić information content (AvgIpc) is 2.82. The normalized spacial score (nSPS) is 31.3. The molecule has 1 saturated carbocycles. The second kappa shape index (κ2) is 3.52. The number of thioether (sulfide) groups is 1. The first-order valence-corrected chi connectivity index (χ1v) is 7.10. The zero-order valence-electron chi connectivity index (χ0n) is 8.55. The molecule has 0 aromatic carbocycles. The summed E-state index contributed by atoms with van der Waals surface area (Å²) in [6, 6.07) is 4.74. The molecule has 15 heavy (non-hydrogen) atoms. The number of carbonyl (C=O) groups is 1. The van der Waals surface area contributed by atoms with Crippen molar-refractivity contribution in [1.29, 1.82) is 0 Å². The summed E-state index contributed by atoms with van der Waals surface area (Å²) in [6.07, 6.45) is 2.39. The Morgan fingerprint density at radius 3 is 2.87 bits per heavy atom. The van der Waals surface area contributed by atoms with E-state index in [0.717, 1.165) is 0 Å². The highest BCUT2D eigenvalue weighted by Gasteiger charge is 2.46. The van der Waals surface area contributed by atoms with Gasteiger partial charge in [0.2, 0.25) is 5.91 Å². The van der Waals surface area contributed by atoms with Crippen LogP contribution in [0.1, 0.15) is 30.0 Å². The highest BCUT2D eigenvalue weighted by molar-refractivity contribution is 8.01. The number of carbonyl (C=O) groups excluding carboxylic acids is 1. The first-order chi connectivity index (χ1) is 7.27. The summed E-state index contributed by atoms with van der Waals surface area (Å²) in [5, 5.41) is 2.52. The van der Waals surface area contributed by atoms with E-state index in [-0.39, 0.29) is 5.25 Å². The van der Waals surface area contributed by atoms with E-state index in [4.69, 9.17) is 0 Å². The van der Waals surface area contributed by atoms with E-state index in [2.05, 4.69) is 22.4 Å². The van der Waals surface area contributed by atoms with Gasteiger partial charge < -0.3 is 4.90 Å². The summed E-state index contributed by atoms with van der Waals surface area (Å²) in [5.41, 5.74) is 0. The van der Waals surface area contributed by atoms with Crippen molar-refractivity contribution in [2.75, 3.05) is 0 Å². The number of hydrogen-bond donors (Lipinski definition) is 0. The molecule has 0 bridgehead atoms. The topological polar surface area (TPSA) is 20.3 Å². The van der Waals surface area contributed by atoms with Crippen LogP contribution in [-0.4, -0.2) is 22.1 Å². The van der Waals surface area contributed by atoms with E-state index in [0.29, 0.717) is 17.3 Å². The van der Waals surface area contributed by atoms with Crippen molar-refractivity contribution in [2.24, 2.45) is 0 Å². The molecule has 2 aliphatic rings. The molecule has 2 atom stereocenters. The Balaban J connectivity index is 1.91. The summed E-state index contributed by atoms with van der Waals surface area (Å²) in [6.45, 7) is 2.02. The molecule has 1 aliphatic carbocycles. The quantitative estimate of drug-likeness (QED) is 0.791. The lowest BCUT2D eigenvalue weighted by molar-refractivity contribution is -0.130. The molecule has 2 fully saturated rings. The van der Waals surface area contributed by atoms with Crippen LogP contribution in [0.3, 0.4) is 0 Å². The van der Waals surface area contributed by atoms with Crippen LogP contribution >= 0.6 is 23.1 Å². The number of nitrogens with zero attached hydrogens (tertiary/aromatic N) is 1. The Labute approximate surface area is 97.7 Å². The molecule has 0 radical (unpaired) electrons. The lowest BCUT2D eigenvalue weighted by atomic mass is 10.3. The maximum absolute atomic E-state index is 12.0. The van der Waals surface area contributed by atoms with Crippen LogP contribution in [0.4, 0.5) is 0 Å². The van der Waals surface area contributed by atoms with E-state index in [1.807, 2.05) is 6.92 Å². The maximum Gasteiger partial charge on any atom is 0.236 e. The van der Waals surface area contributed by atoms with E-state index in [9.17, 15) is 4.79 Å². The summed E-state index contributed by atoms with van der Waals surface area (Å²) < 4.78 is 0. The lowest BCUT2D eigenvalue weighted by Gasteiger charge is -2.22. The van der Waals surface area contributed by atoms with E-state index in [1.165, 1.54) is 17.7 Å². The number of hydrogen-bond acceptors (Lipinski definition) is 3. The van der Waals surface area contributed by atoms with E-state index < -0.39 is 0 Å². The first kappa shape index (κ1) is 9.73. The van der Waals surface area contributed by atoms with Gasteiger partial charge in [-0.25, -0.2) is 0 Å². The predicted molar refractivity (Wildman–Crippen MR) is 64.0 cm³/mol. The molecule has 2 heterocycles. The van der Waals surface area contributed by atoms with Crippen LogP contribution in [0.5, 0.6) is 0 Å². The van der Waals surface area contributed by atoms with Gasteiger partial charge in [0.15, 0.2) is 0 Å². The number of amides is 1. The Hall–Kier alpha value is -0.480. The molecule has 1 aliphatic heterocycles. The molecule has 0 unspecified atom stereocenters. The molecule has 2 nitrogen and oxygen atoms in total. The highest BCUT2D eigenvalue weighted by atomic mass is 32.2. The van der Waals surface area contributed by atoms with E-state index in [1.54, 1.807) is 23.1 Å².